The summed E-state index contributed by atoms with van der Waals surface area (Å²) in [7, 11) is 0. The lowest BCUT2D eigenvalue weighted by Gasteiger charge is -2.18. The van der Waals surface area contributed by atoms with E-state index < -0.39 is 0 Å². The smallest absolute Gasteiger partial charge is 0.260 e. The number of anilines is 1. The predicted octanol–water partition coefficient (Wildman–Crippen LogP) is 3.05. The Balaban J connectivity index is 1.44. The molecule has 2 heterocycles. The number of fused-ring (bicyclic) bond motifs is 1. The third-order valence-corrected chi connectivity index (χ3v) is 5.19. The van der Waals surface area contributed by atoms with E-state index in [4.69, 9.17) is 0 Å². The summed E-state index contributed by atoms with van der Waals surface area (Å²) < 4.78 is 0. The molecule has 5 nitrogen and oxygen atoms in total. The maximum absolute atomic E-state index is 12.2. The number of hydrogen-bond acceptors (Lipinski definition) is 4. The van der Waals surface area contributed by atoms with Gasteiger partial charge in [0.15, 0.2) is 0 Å². The van der Waals surface area contributed by atoms with E-state index in [9.17, 15) is 9.59 Å². The summed E-state index contributed by atoms with van der Waals surface area (Å²) in [4.78, 5) is 26.6. The minimum absolute atomic E-state index is 0.352. The van der Waals surface area contributed by atoms with Crippen LogP contribution in [0.15, 0.2) is 54.7 Å². The molecule has 0 aliphatic carbocycles. The highest BCUT2D eigenvalue weighted by Crippen LogP contribution is 2.24. The molecule has 0 bridgehead atoms. The second-order valence-electron chi connectivity index (χ2n) is 7.03. The van der Waals surface area contributed by atoms with Gasteiger partial charge in [-0.15, -0.1) is 0 Å². The number of hydrogen-bond donors (Lipinski definition) is 2. The van der Waals surface area contributed by atoms with Crippen LogP contribution in [0.5, 0.6) is 0 Å². The van der Waals surface area contributed by atoms with Crippen LogP contribution in [0.25, 0.3) is 5.57 Å². The van der Waals surface area contributed by atoms with Gasteiger partial charge in [-0.2, -0.15) is 0 Å². The molecular formula is C22H23N3O2. The third-order valence-electron chi connectivity index (χ3n) is 5.19. The zero-order valence-electron chi connectivity index (χ0n) is 15.2. The van der Waals surface area contributed by atoms with Gasteiger partial charge in [0.1, 0.15) is 0 Å². The molecule has 2 amide bonds. The van der Waals surface area contributed by atoms with Crippen LogP contribution in [0.4, 0.5) is 5.69 Å². The molecule has 0 atom stereocenters. The van der Waals surface area contributed by atoms with Gasteiger partial charge >= 0.3 is 0 Å². The Labute approximate surface area is 159 Å². The molecule has 2 aromatic carbocycles. The topological polar surface area (TPSA) is 61.4 Å². The highest BCUT2D eigenvalue weighted by molar-refractivity contribution is 6.31. The number of nitrogens with one attached hydrogen (secondary N) is 2. The van der Waals surface area contributed by atoms with Gasteiger partial charge in [0, 0.05) is 29.6 Å². The molecule has 27 heavy (non-hydrogen) atoms. The fourth-order valence-corrected chi connectivity index (χ4v) is 3.64. The van der Waals surface area contributed by atoms with Crippen LogP contribution in [0.1, 0.15) is 34.3 Å². The van der Waals surface area contributed by atoms with Gasteiger partial charge < -0.3 is 10.2 Å². The van der Waals surface area contributed by atoms with E-state index in [1.54, 1.807) is 24.4 Å². The largest absolute Gasteiger partial charge is 0.361 e. The maximum atomic E-state index is 12.2. The number of likely N-dealkylation sites (tertiary alicyclic amines) is 1. The summed E-state index contributed by atoms with van der Waals surface area (Å²) in [6, 6.07) is 15.4. The maximum Gasteiger partial charge on any atom is 0.260 e. The van der Waals surface area contributed by atoms with Crippen molar-refractivity contribution in [2.75, 3.05) is 25.0 Å². The van der Waals surface area contributed by atoms with E-state index in [0.29, 0.717) is 16.7 Å². The summed E-state index contributed by atoms with van der Waals surface area (Å²) in [6.45, 7) is 3.56. The number of carbonyl (C=O) groups is 2. The normalized spacial score (nSPS) is 18.4. The van der Waals surface area contributed by atoms with Crippen molar-refractivity contribution in [2.45, 2.75) is 19.3 Å². The molecule has 1 fully saturated rings. The molecule has 138 valence electrons. The fraction of sp³-hybridized carbons (Fsp3) is 0.273. The first-order valence-corrected chi connectivity index (χ1v) is 9.44. The number of benzene rings is 2. The fourth-order valence-electron chi connectivity index (χ4n) is 3.64. The first kappa shape index (κ1) is 17.5. The van der Waals surface area contributed by atoms with Crippen molar-refractivity contribution in [1.29, 1.82) is 0 Å². The quantitative estimate of drug-likeness (QED) is 0.635. The van der Waals surface area contributed by atoms with Crippen molar-refractivity contribution >= 4 is 23.1 Å². The van der Waals surface area contributed by atoms with Gasteiger partial charge in [0.25, 0.3) is 11.8 Å². The van der Waals surface area contributed by atoms with Crippen molar-refractivity contribution in [2.24, 2.45) is 0 Å². The third kappa shape index (κ3) is 3.93. The van der Waals surface area contributed by atoms with E-state index in [-0.39, 0.29) is 11.8 Å². The van der Waals surface area contributed by atoms with Gasteiger partial charge in [-0.1, -0.05) is 30.3 Å². The number of imide groups is 1. The monoisotopic (exact) mass is 361 g/mol. The Morgan fingerprint density at radius 3 is 2.37 bits per heavy atom. The van der Waals surface area contributed by atoms with E-state index in [0.717, 1.165) is 18.7 Å². The van der Waals surface area contributed by atoms with Crippen LogP contribution in [0, 0.1) is 0 Å². The Hall–Kier alpha value is -2.92. The summed E-state index contributed by atoms with van der Waals surface area (Å²) in [5.41, 5.74) is 3.85. The summed E-state index contributed by atoms with van der Waals surface area (Å²) in [5.74, 6) is -0.733. The van der Waals surface area contributed by atoms with Gasteiger partial charge in [0.05, 0.1) is 5.57 Å². The van der Waals surface area contributed by atoms with E-state index in [1.807, 2.05) is 18.2 Å². The molecule has 2 aromatic rings. The molecule has 2 aliphatic rings. The van der Waals surface area contributed by atoms with Gasteiger partial charge in [-0.05, 0) is 56.1 Å². The zero-order chi connectivity index (χ0) is 18.6. The van der Waals surface area contributed by atoms with Crippen molar-refractivity contribution in [1.82, 2.24) is 10.2 Å². The van der Waals surface area contributed by atoms with Crippen molar-refractivity contribution in [3.8, 4) is 0 Å². The zero-order valence-corrected chi connectivity index (χ0v) is 15.2. The van der Waals surface area contributed by atoms with Crippen LogP contribution in [-0.4, -0.2) is 36.3 Å². The van der Waals surface area contributed by atoms with E-state index in [2.05, 4.69) is 27.7 Å². The molecule has 2 N–H and O–H groups in total. The minimum atomic E-state index is -0.381. The average molecular weight is 361 g/mol. The number of amides is 2. The summed E-state index contributed by atoms with van der Waals surface area (Å²) in [5, 5.41) is 5.56. The molecule has 0 radical (unpaired) electrons. The van der Waals surface area contributed by atoms with Crippen LogP contribution >= 0.6 is 0 Å². The Morgan fingerprint density at radius 2 is 1.63 bits per heavy atom. The van der Waals surface area contributed by atoms with Crippen LogP contribution in [0.2, 0.25) is 0 Å². The van der Waals surface area contributed by atoms with E-state index >= 15 is 0 Å². The van der Waals surface area contributed by atoms with Gasteiger partial charge in [0.2, 0.25) is 0 Å². The Morgan fingerprint density at radius 1 is 0.926 bits per heavy atom. The lowest BCUT2D eigenvalue weighted by atomic mass is 9.96. The van der Waals surface area contributed by atoms with Gasteiger partial charge in [-0.3, -0.25) is 14.9 Å². The van der Waals surface area contributed by atoms with Crippen LogP contribution in [-0.2, 0) is 11.2 Å². The van der Waals surface area contributed by atoms with Gasteiger partial charge in [-0.25, -0.2) is 0 Å². The molecule has 4 rings (SSSR count). The summed E-state index contributed by atoms with van der Waals surface area (Å²) in [6.07, 6.45) is 5.36. The molecular weight excluding hydrogens is 338 g/mol. The highest BCUT2D eigenvalue weighted by atomic mass is 16.2. The second kappa shape index (κ2) is 7.76. The number of rotatable bonds is 5. The van der Waals surface area contributed by atoms with E-state index in [1.165, 1.54) is 31.5 Å². The molecule has 1 saturated heterocycles. The number of carbonyl (C=O) groups excluding carboxylic acids is 2. The first-order valence-electron chi connectivity index (χ1n) is 9.44. The molecule has 0 spiro atoms. The second-order valence-corrected chi connectivity index (χ2v) is 7.03. The van der Waals surface area contributed by atoms with Crippen molar-refractivity contribution in [3.05, 3.63) is 71.4 Å². The van der Waals surface area contributed by atoms with Crippen LogP contribution < -0.4 is 10.6 Å². The van der Waals surface area contributed by atoms with Crippen molar-refractivity contribution in [3.63, 3.8) is 0 Å². The SMILES string of the molecule is O=C1NC(=O)c2ccccc2/C1=C/Nc1ccc(CCN2CCCC2)cc1. The lowest BCUT2D eigenvalue weighted by Crippen LogP contribution is -2.36. The Kier molecular flexibility index (Phi) is 5.03. The Bertz CT molecular complexity index is 881. The molecule has 0 aromatic heterocycles. The van der Waals surface area contributed by atoms with Crippen LogP contribution in [0.3, 0.4) is 0 Å². The molecule has 2 aliphatic heterocycles. The minimum Gasteiger partial charge on any atom is -0.361 e. The highest BCUT2D eigenvalue weighted by Gasteiger charge is 2.26. The van der Waals surface area contributed by atoms with Crippen molar-refractivity contribution < 1.29 is 9.59 Å². The predicted molar refractivity (Wildman–Crippen MR) is 106 cm³/mol. The average Bonchev–Trinajstić information content (AvgIpc) is 3.21. The lowest BCUT2D eigenvalue weighted by molar-refractivity contribution is -0.114. The molecule has 0 saturated carbocycles. The summed E-state index contributed by atoms with van der Waals surface area (Å²) >= 11 is 0. The molecule has 0 unspecified atom stereocenters. The molecule has 5 heteroatoms. The number of nitrogens with zero attached hydrogens (tertiary/aromatic N) is 1. The standard InChI is InChI=1S/C22H23N3O2/c26-21-19-6-2-1-5-18(19)20(22(27)24-21)15-23-17-9-7-16(8-10-17)11-14-25-12-3-4-13-25/h1-2,5-10,15,23H,3-4,11-14H2,(H,24,26,27)/b20-15-. The first-order chi connectivity index (χ1) is 13.2.